The smallest absolute Gasteiger partial charge is 0.311 e. The van der Waals surface area contributed by atoms with Crippen LogP contribution in [0.5, 0.6) is 0 Å². The number of carboxylic acids is 1. The summed E-state index contributed by atoms with van der Waals surface area (Å²) in [5.74, 6) is 0.526. The van der Waals surface area contributed by atoms with Gasteiger partial charge in [-0.25, -0.2) is 0 Å². The van der Waals surface area contributed by atoms with Gasteiger partial charge in [-0.1, -0.05) is 0 Å². The van der Waals surface area contributed by atoms with Gasteiger partial charge in [0.15, 0.2) is 0 Å². The second-order valence-corrected chi connectivity index (χ2v) is 4.12. The summed E-state index contributed by atoms with van der Waals surface area (Å²) in [5.41, 5.74) is -0.626. The molecule has 1 saturated heterocycles. The van der Waals surface area contributed by atoms with Gasteiger partial charge in [0.25, 0.3) is 0 Å². The molecule has 2 N–H and O–H groups in total. The molecule has 0 bridgehead atoms. The molecular formula is C7H12O3S. The summed E-state index contributed by atoms with van der Waals surface area (Å²) in [6.07, 6.45) is -0.123. The number of aliphatic carboxylic acids is 1. The molecule has 0 amide bonds. The minimum atomic E-state index is -0.767. The van der Waals surface area contributed by atoms with Crippen LogP contribution >= 0.6 is 11.8 Å². The minimum absolute atomic E-state index is 0.384. The van der Waals surface area contributed by atoms with Gasteiger partial charge >= 0.3 is 5.97 Å². The zero-order valence-electron chi connectivity index (χ0n) is 6.41. The molecular weight excluding hydrogens is 164 g/mol. The summed E-state index contributed by atoms with van der Waals surface area (Å²) in [4.78, 5) is 10.7. The number of aliphatic hydroxyl groups excluding tert-OH is 1. The van der Waals surface area contributed by atoms with E-state index in [9.17, 15) is 4.79 Å². The SMILES string of the molecule is CC(O)CC1(C(=O)O)CSC1. The van der Waals surface area contributed by atoms with E-state index < -0.39 is 17.5 Å². The van der Waals surface area contributed by atoms with Gasteiger partial charge in [-0.05, 0) is 13.3 Å². The number of carbonyl (C=O) groups is 1. The second-order valence-electron chi connectivity index (χ2n) is 3.13. The number of aliphatic hydroxyl groups is 1. The van der Waals surface area contributed by atoms with Gasteiger partial charge in [-0.3, -0.25) is 4.79 Å². The van der Waals surface area contributed by atoms with Crippen molar-refractivity contribution in [1.29, 1.82) is 0 Å². The summed E-state index contributed by atoms with van der Waals surface area (Å²) in [7, 11) is 0. The van der Waals surface area contributed by atoms with E-state index in [1.54, 1.807) is 18.7 Å². The highest BCUT2D eigenvalue weighted by Gasteiger charge is 2.45. The zero-order chi connectivity index (χ0) is 8.48. The van der Waals surface area contributed by atoms with Crippen molar-refractivity contribution in [2.24, 2.45) is 5.41 Å². The highest BCUT2D eigenvalue weighted by molar-refractivity contribution is 8.00. The monoisotopic (exact) mass is 176 g/mol. The first-order valence-corrected chi connectivity index (χ1v) is 4.71. The van der Waals surface area contributed by atoms with E-state index in [2.05, 4.69) is 0 Å². The molecule has 0 aromatic carbocycles. The largest absolute Gasteiger partial charge is 0.481 e. The molecule has 0 saturated carbocycles. The van der Waals surface area contributed by atoms with Gasteiger partial charge in [0, 0.05) is 11.5 Å². The molecule has 0 aromatic rings. The van der Waals surface area contributed by atoms with Crippen molar-refractivity contribution in [2.75, 3.05) is 11.5 Å². The van der Waals surface area contributed by atoms with Crippen LogP contribution in [0.25, 0.3) is 0 Å². The van der Waals surface area contributed by atoms with E-state index in [1.807, 2.05) is 0 Å². The van der Waals surface area contributed by atoms with Gasteiger partial charge < -0.3 is 10.2 Å². The average Bonchev–Trinajstić information content (AvgIpc) is 1.77. The maximum Gasteiger partial charge on any atom is 0.311 e. The fraction of sp³-hybridized carbons (Fsp3) is 0.857. The fourth-order valence-corrected chi connectivity index (χ4v) is 2.42. The van der Waals surface area contributed by atoms with Crippen molar-refractivity contribution in [1.82, 2.24) is 0 Å². The second kappa shape index (κ2) is 3.03. The van der Waals surface area contributed by atoms with Gasteiger partial charge in [0.1, 0.15) is 0 Å². The lowest BCUT2D eigenvalue weighted by Crippen LogP contribution is -2.45. The van der Waals surface area contributed by atoms with Crippen LogP contribution in [0.2, 0.25) is 0 Å². The lowest BCUT2D eigenvalue weighted by atomic mass is 9.86. The molecule has 3 nitrogen and oxygen atoms in total. The third kappa shape index (κ3) is 1.68. The molecule has 1 rings (SSSR count). The Balaban J connectivity index is 2.54. The van der Waals surface area contributed by atoms with Crippen LogP contribution in [-0.4, -0.2) is 33.8 Å². The molecule has 0 aliphatic carbocycles. The summed E-state index contributed by atoms with van der Waals surface area (Å²) in [5, 5.41) is 17.8. The van der Waals surface area contributed by atoms with Gasteiger partial charge in [-0.15, -0.1) is 0 Å². The summed E-state index contributed by atoms with van der Waals surface area (Å²) in [6.45, 7) is 1.63. The van der Waals surface area contributed by atoms with Crippen LogP contribution in [0.1, 0.15) is 13.3 Å². The van der Waals surface area contributed by atoms with Crippen LogP contribution in [0.15, 0.2) is 0 Å². The lowest BCUT2D eigenvalue weighted by molar-refractivity contribution is -0.148. The summed E-state index contributed by atoms with van der Waals surface area (Å²) >= 11 is 1.62. The Morgan fingerprint density at radius 2 is 2.27 bits per heavy atom. The first kappa shape index (κ1) is 8.87. The summed E-state index contributed by atoms with van der Waals surface area (Å²) in [6, 6.07) is 0. The van der Waals surface area contributed by atoms with Crippen molar-refractivity contribution < 1.29 is 15.0 Å². The van der Waals surface area contributed by atoms with E-state index in [0.717, 1.165) is 0 Å². The van der Waals surface area contributed by atoms with Crippen LogP contribution < -0.4 is 0 Å². The average molecular weight is 176 g/mol. The van der Waals surface area contributed by atoms with Crippen molar-refractivity contribution >= 4 is 17.7 Å². The van der Waals surface area contributed by atoms with Gasteiger partial charge in [-0.2, -0.15) is 11.8 Å². The molecule has 1 aliphatic heterocycles. The van der Waals surface area contributed by atoms with Gasteiger partial charge in [0.2, 0.25) is 0 Å². The molecule has 64 valence electrons. The Kier molecular flexibility index (Phi) is 2.44. The Morgan fingerprint density at radius 1 is 1.73 bits per heavy atom. The topological polar surface area (TPSA) is 57.5 Å². The lowest BCUT2D eigenvalue weighted by Gasteiger charge is -2.37. The molecule has 0 spiro atoms. The van der Waals surface area contributed by atoms with Crippen molar-refractivity contribution in [3.63, 3.8) is 0 Å². The Bertz CT molecular complexity index is 163. The third-order valence-corrected chi connectivity index (χ3v) is 3.41. The highest BCUT2D eigenvalue weighted by Crippen LogP contribution is 2.41. The third-order valence-electron chi connectivity index (χ3n) is 1.90. The number of thioether (sulfide) groups is 1. The molecule has 1 atom stereocenters. The normalized spacial score (nSPS) is 23.8. The summed E-state index contributed by atoms with van der Waals surface area (Å²) < 4.78 is 0. The number of rotatable bonds is 3. The zero-order valence-corrected chi connectivity index (χ0v) is 7.23. The van der Waals surface area contributed by atoms with Crippen molar-refractivity contribution in [3.05, 3.63) is 0 Å². The predicted molar refractivity (Wildman–Crippen MR) is 43.7 cm³/mol. The molecule has 1 heterocycles. The van der Waals surface area contributed by atoms with Crippen LogP contribution in [0, 0.1) is 5.41 Å². The Labute approximate surface area is 69.8 Å². The minimum Gasteiger partial charge on any atom is -0.481 e. The molecule has 1 fully saturated rings. The standard InChI is InChI=1S/C7H12O3S/c1-5(8)2-7(6(9)10)3-11-4-7/h5,8H,2-4H2,1H3,(H,9,10). The van der Waals surface area contributed by atoms with E-state index in [-0.39, 0.29) is 0 Å². The molecule has 4 heteroatoms. The van der Waals surface area contributed by atoms with Crippen LogP contribution in [-0.2, 0) is 4.79 Å². The maximum absolute atomic E-state index is 10.7. The quantitative estimate of drug-likeness (QED) is 0.660. The molecule has 1 unspecified atom stereocenters. The molecule has 1 aliphatic rings. The molecule has 0 radical (unpaired) electrons. The fourth-order valence-electron chi connectivity index (χ4n) is 1.24. The number of carboxylic acid groups (broad SMARTS) is 1. The van der Waals surface area contributed by atoms with E-state index in [0.29, 0.717) is 17.9 Å². The first-order chi connectivity index (χ1) is 5.07. The number of hydrogen-bond donors (Lipinski definition) is 2. The van der Waals surface area contributed by atoms with Crippen LogP contribution in [0.3, 0.4) is 0 Å². The maximum atomic E-state index is 10.7. The first-order valence-electron chi connectivity index (χ1n) is 3.56. The van der Waals surface area contributed by atoms with Crippen molar-refractivity contribution in [2.45, 2.75) is 19.4 Å². The van der Waals surface area contributed by atoms with E-state index in [4.69, 9.17) is 10.2 Å². The number of hydrogen-bond acceptors (Lipinski definition) is 3. The Hall–Kier alpha value is -0.220. The predicted octanol–water partition coefficient (Wildman–Crippen LogP) is 0.575. The highest BCUT2D eigenvalue weighted by atomic mass is 32.2. The Morgan fingerprint density at radius 3 is 2.36 bits per heavy atom. The molecule has 11 heavy (non-hydrogen) atoms. The van der Waals surface area contributed by atoms with Gasteiger partial charge in [0.05, 0.1) is 11.5 Å². The molecule has 0 aromatic heterocycles. The van der Waals surface area contributed by atoms with E-state index in [1.165, 1.54) is 0 Å². The van der Waals surface area contributed by atoms with Crippen molar-refractivity contribution in [3.8, 4) is 0 Å². The van der Waals surface area contributed by atoms with Crippen LogP contribution in [0.4, 0.5) is 0 Å². The van der Waals surface area contributed by atoms with E-state index >= 15 is 0 Å².